The van der Waals surface area contributed by atoms with Crippen molar-refractivity contribution in [2.24, 2.45) is 0 Å². The molecular weight excluding hydrogens is 302 g/mol. The number of pyridine rings is 1. The van der Waals surface area contributed by atoms with Crippen LogP contribution in [0.5, 0.6) is 0 Å². The Morgan fingerprint density at radius 2 is 2.09 bits per heavy atom. The molecule has 5 nitrogen and oxygen atoms in total. The Kier molecular flexibility index (Phi) is 4.16. The molecule has 1 atom stereocenters. The zero-order chi connectivity index (χ0) is 15.7. The highest BCUT2D eigenvalue weighted by atomic mass is 35.5. The van der Waals surface area contributed by atoms with Gasteiger partial charge in [0.05, 0.1) is 36.5 Å². The summed E-state index contributed by atoms with van der Waals surface area (Å²) in [6, 6.07) is 7.40. The second-order valence-electron chi connectivity index (χ2n) is 5.31. The van der Waals surface area contributed by atoms with Crippen LogP contribution in [0, 0.1) is 11.3 Å². The maximum Gasteiger partial charge on any atom is 0.130 e. The molecule has 0 bridgehead atoms. The fourth-order valence-corrected chi connectivity index (χ4v) is 2.90. The van der Waals surface area contributed by atoms with Crippen LogP contribution >= 0.6 is 11.6 Å². The highest BCUT2D eigenvalue weighted by molar-refractivity contribution is 6.31. The maximum atomic E-state index is 10.00. The van der Waals surface area contributed by atoms with E-state index in [1.165, 1.54) is 0 Å². The molecule has 3 rings (SSSR count). The second kappa shape index (κ2) is 6.09. The predicted octanol–water partition coefficient (Wildman–Crippen LogP) is 2.65. The summed E-state index contributed by atoms with van der Waals surface area (Å²) in [5, 5.41) is 20.6. The average Bonchev–Trinajstić information content (AvgIpc) is 2.53. The smallest absolute Gasteiger partial charge is 0.130 e. The number of aliphatic hydroxyl groups excluding tert-OH is 1. The van der Waals surface area contributed by atoms with Crippen LogP contribution in [0.1, 0.15) is 24.2 Å². The Morgan fingerprint density at radius 3 is 2.73 bits per heavy atom. The van der Waals surface area contributed by atoms with Crippen molar-refractivity contribution in [3.8, 4) is 6.07 Å². The van der Waals surface area contributed by atoms with Crippen LogP contribution < -0.4 is 4.90 Å². The largest absolute Gasteiger partial charge is 0.389 e. The van der Waals surface area contributed by atoms with Crippen molar-refractivity contribution in [3.63, 3.8) is 0 Å². The van der Waals surface area contributed by atoms with Crippen molar-refractivity contribution in [2.75, 3.05) is 31.2 Å². The molecule has 1 unspecified atom stereocenters. The molecular formula is C16H16ClN3O2. The van der Waals surface area contributed by atoms with Crippen LogP contribution in [-0.4, -0.2) is 36.4 Å². The van der Waals surface area contributed by atoms with Crippen molar-refractivity contribution in [3.05, 3.63) is 34.3 Å². The molecule has 0 saturated carbocycles. The van der Waals surface area contributed by atoms with Gasteiger partial charge < -0.3 is 14.7 Å². The number of hydrogen-bond donors (Lipinski definition) is 1. The van der Waals surface area contributed by atoms with E-state index in [0.717, 1.165) is 18.9 Å². The predicted molar refractivity (Wildman–Crippen MR) is 85.1 cm³/mol. The Balaban J connectivity index is 2.23. The van der Waals surface area contributed by atoms with E-state index < -0.39 is 6.10 Å². The monoisotopic (exact) mass is 317 g/mol. The van der Waals surface area contributed by atoms with Crippen molar-refractivity contribution < 1.29 is 9.84 Å². The molecule has 0 radical (unpaired) electrons. The third kappa shape index (κ3) is 2.73. The van der Waals surface area contributed by atoms with Crippen molar-refractivity contribution >= 4 is 28.3 Å². The molecule has 1 aliphatic heterocycles. The standard InChI is InChI=1S/C16H16ClN3O2/c1-10(21)13-7-12(17)8-14-11(9-18)6-15(19-16(13)14)20-2-4-22-5-3-20/h6-8,10,21H,2-5H2,1H3. The summed E-state index contributed by atoms with van der Waals surface area (Å²) >= 11 is 6.11. The second-order valence-corrected chi connectivity index (χ2v) is 5.74. The van der Waals surface area contributed by atoms with E-state index >= 15 is 0 Å². The minimum absolute atomic E-state index is 0.487. The molecule has 1 aromatic heterocycles. The normalized spacial score (nSPS) is 16.5. The van der Waals surface area contributed by atoms with Gasteiger partial charge in [0, 0.05) is 29.1 Å². The highest BCUT2D eigenvalue weighted by Crippen LogP contribution is 2.31. The zero-order valence-electron chi connectivity index (χ0n) is 12.2. The number of hydrogen-bond acceptors (Lipinski definition) is 5. The summed E-state index contributed by atoms with van der Waals surface area (Å²) in [4.78, 5) is 6.76. The number of morpholine rings is 1. The van der Waals surface area contributed by atoms with Crippen LogP contribution in [0.25, 0.3) is 10.9 Å². The lowest BCUT2D eigenvalue weighted by Crippen LogP contribution is -2.36. The van der Waals surface area contributed by atoms with E-state index in [2.05, 4.69) is 16.0 Å². The summed E-state index contributed by atoms with van der Waals surface area (Å²) in [7, 11) is 0. The number of aromatic nitrogens is 1. The van der Waals surface area contributed by atoms with Gasteiger partial charge in [-0.05, 0) is 25.1 Å². The van der Waals surface area contributed by atoms with E-state index in [4.69, 9.17) is 16.3 Å². The topological polar surface area (TPSA) is 69.4 Å². The molecule has 114 valence electrons. The first-order valence-electron chi connectivity index (χ1n) is 7.15. The lowest BCUT2D eigenvalue weighted by molar-refractivity contribution is 0.122. The molecule has 0 spiro atoms. The summed E-state index contributed by atoms with van der Waals surface area (Å²) in [5.74, 6) is 0.733. The lowest BCUT2D eigenvalue weighted by Gasteiger charge is -2.28. The van der Waals surface area contributed by atoms with Gasteiger partial charge in [-0.25, -0.2) is 4.98 Å². The number of nitrogens with zero attached hydrogens (tertiary/aromatic N) is 3. The fraction of sp³-hybridized carbons (Fsp3) is 0.375. The maximum absolute atomic E-state index is 10.00. The molecule has 22 heavy (non-hydrogen) atoms. The van der Waals surface area contributed by atoms with Crippen molar-refractivity contribution in [2.45, 2.75) is 13.0 Å². The molecule has 1 N–H and O–H groups in total. The third-order valence-corrected chi connectivity index (χ3v) is 4.02. The van der Waals surface area contributed by atoms with E-state index in [9.17, 15) is 10.4 Å². The first kappa shape index (κ1) is 15.0. The van der Waals surface area contributed by atoms with Gasteiger partial charge in [0.25, 0.3) is 0 Å². The van der Waals surface area contributed by atoms with E-state index in [0.29, 0.717) is 40.3 Å². The van der Waals surface area contributed by atoms with Gasteiger partial charge in [0.2, 0.25) is 0 Å². The van der Waals surface area contributed by atoms with Crippen LogP contribution in [-0.2, 0) is 4.74 Å². The number of halogens is 1. The number of aliphatic hydroxyl groups is 1. The molecule has 0 amide bonds. The van der Waals surface area contributed by atoms with Gasteiger partial charge >= 0.3 is 0 Å². The number of nitriles is 1. The minimum atomic E-state index is -0.708. The Labute approximate surface area is 133 Å². The SMILES string of the molecule is CC(O)c1cc(Cl)cc2c(C#N)cc(N3CCOCC3)nc12. The fourth-order valence-electron chi connectivity index (χ4n) is 2.67. The zero-order valence-corrected chi connectivity index (χ0v) is 13.0. The van der Waals surface area contributed by atoms with Crippen LogP contribution in [0.3, 0.4) is 0 Å². The number of benzene rings is 1. The average molecular weight is 318 g/mol. The lowest BCUT2D eigenvalue weighted by atomic mass is 10.0. The van der Waals surface area contributed by atoms with Gasteiger partial charge in [-0.15, -0.1) is 0 Å². The molecule has 0 aliphatic carbocycles. The van der Waals surface area contributed by atoms with Crippen molar-refractivity contribution in [1.29, 1.82) is 5.26 Å². The minimum Gasteiger partial charge on any atom is -0.389 e. The van der Waals surface area contributed by atoms with Gasteiger partial charge in [-0.1, -0.05) is 11.6 Å². The van der Waals surface area contributed by atoms with E-state index in [1.54, 1.807) is 25.1 Å². The summed E-state index contributed by atoms with van der Waals surface area (Å²) in [6.45, 7) is 4.43. The quantitative estimate of drug-likeness (QED) is 0.922. The van der Waals surface area contributed by atoms with Crippen molar-refractivity contribution in [1.82, 2.24) is 4.98 Å². The molecule has 1 saturated heterocycles. The molecule has 1 fully saturated rings. The molecule has 2 aromatic rings. The van der Waals surface area contributed by atoms with Gasteiger partial charge in [0.15, 0.2) is 0 Å². The number of anilines is 1. The molecule has 2 heterocycles. The van der Waals surface area contributed by atoms with Gasteiger partial charge in [-0.2, -0.15) is 5.26 Å². The van der Waals surface area contributed by atoms with Gasteiger partial charge in [-0.3, -0.25) is 0 Å². The molecule has 6 heteroatoms. The summed E-state index contributed by atoms with van der Waals surface area (Å²) < 4.78 is 5.35. The van der Waals surface area contributed by atoms with E-state index in [-0.39, 0.29) is 0 Å². The van der Waals surface area contributed by atoms with Gasteiger partial charge in [0.1, 0.15) is 5.82 Å². The molecule has 1 aliphatic rings. The Morgan fingerprint density at radius 1 is 1.36 bits per heavy atom. The Bertz CT molecular complexity index is 749. The third-order valence-electron chi connectivity index (χ3n) is 3.80. The summed E-state index contributed by atoms with van der Waals surface area (Å²) in [5.41, 5.74) is 1.77. The first-order chi connectivity index (χ1) is 10.6. The number of ether oxygens (including phenoxy) is 1. The highest BCUT2D eigenvalue weighted by Gasteiger charge is 2.18. The van der Waals surface area contributed by atoms with Crippen LogP contribution in [0.15, 0.2) is 18.2 Å². The van der Waals surface area contributed by atoms with Crippen LogP contribution in [0.2, 0.25) is 5.02 Å². The number of rotatable bonds is 2. The Hall–Kier alpha value is -1.87. The first-order valence-corrected chi connectivity index (χ1v) is 7.53. The molecule has 1 aromatic carbocycles. The number of fused-ring (bicyclic) bond motifs is 1. The van der Waals surface area contributed by atoms with Crippen LogP contribution in [0.4, 0.5) is 5.82 Å². The summed E-state index contributed by atoms with van der Waals surface area (Å²) in [6.07, 6.45) is -0.708. The van der Waals surface area contributed by atoms with E-state index in [1.807, 2.05) is 0 Å².